The van der Waals surface area contributed by atoms with Gasteiger partial charge in [-0.15, -0.1) is 18.9 Å². The van der Waals surface area contributed by atoms with E-state index in [1.807, 2.05) is 68.4 Å². The highest BCUT2D eigenvalue weighted by Gasteiger charge is 2.29. The van der Waals surface area contributed by atoms with Crippen molar-refractivity contribution < 1.29 is 35.1 Å². The molecule has 0 saturated carbocycles. The number of allylic oxidation sites excluding steroid dienone is 1. The summed E-state index contributed by atoms with van der Waals surface area (Å²) in [5.74, 6) is 1.06. The Morgan fingerprint density at radius 3 is 0.924 bits per heavy atom. The summed E-state index contributed by atoms with van der Waals surface area (Å²) in [6, 6.07) is 10.6. The molecule has 0 radical (unpaired) electrons. The van der Waals surface area contributed by atoms with Gasteiger partial charge in [-0.25, -0.2) is 22.0 Å². The van der Waals surface area contributed by atoms with Crippen molar-refractivity contribution in [3.63, 3.8) is 0 Å². The van der Waals surface area contributed by atoms with Crippen molar-refractivity contribution in [3.8, 4) is 12.3 Å². The zero-order valence-electron chi connectivity index (χ0n) is 58.9. The van der Waals surface area contributed by atoms with Gasteiger partial charge in [0.25, 0.3) is 0 Å². The Morgan fingerprint density at radius 1 is 0.506 bits per heavy atom. The van der Waals surface area contributed by atoms with E-state index in [1.54, 1.807) is 27.7 Å². The maximum Gasteiger partial charge on any atom is 0.389 e. The average Bonchev–Trinajstić information content (AvgIpc) is 3.13. The van der Waals surface area contributed by atoms with Gasteiger partial charge in [-0.3, -0.25) is 0 Å². The van der Waals surface area contributed by atoms with Crippen molar-refractivity contribution in [2.24, 2.45) is 48.7 Å². The van der Waals surface area contributed by atoms with Crippen LogP contribution in [0.3, 0.4) is 0 Å². The molecule has 1 atom stereocenters. The second kappa shape index (κ2) is 44.8. The fourth-order valence-corrected chi connectivity index (χ4v) is 5.26. The molecule has 0 heterocycles. The Morgan fingerprint density at radius 2 is 0.861 bits per heavy atom. The number of benzene rings is 1. The first-order chi connectivity index (χ1) is 34.2. The van der Waals surface area contributed by atoms with E-state index in [4.69, 9.17) is 6.42 Å². The highest BCUT2D eigenvalue weighted by Crippen LogP contribution is 2.31. The standard InChI is InChI=1S/C10H14.C7H13F3.2C7H14F2.C7H15F.C7H16.C7H14.C7H12.C6H14.C5H12S/c1-10(2,3)9-7-5-4-6-8-9;1-6(2,3)4-5-7(8,9)10;1-6(2,3)5-7(4,8)9;1-7(2,3)5-4-6(8)9;1-6(8)5-7(2,3)4;3*1-5-6-7(2,3)4;1-5-6(2,3)4;1-5(2,3)4-6/h4-8H,1-3H3;4-5H2,1-3H3;5H2,1-4H3;6H,4-5H2,1-3H3;6H,5H2,1-4H3;5-6H2,1-4H3;5H,1,6H2,2-4H3;1H,6H2,2-4H3;5H2,1-4H3;6H,4H2,1-3H3. The summed E-state index contributed by atoms with van der Waals surface area (Å²) in [5.41, 5.74) is 3.66. The second-order valence-corrected chi connectivity index (χ2v) is 33.4. The van der Waals surface area contributed by atoms with E-state index in [-0.39, 0.29) is 40.9 Å². The lowest BCUT2D eigenvalue weighted by molar-refractivity contribution is -0.139. The van der Waals surface area contributed by atoms with Gasteiger partial charge in [-0.05, 0) is 111 Å². The van der Waals surface area contributed by atoms with Crippen LogP contribution in [0.5, 0.6) is 0 Å². The van der Waals surface area contributed by atoms with Gasteiger partial charge in [0.05, 0.1) is 6.17 Å². The van der Waals surface area contributed by atoms with Crippen LogP contribution in [0.4, 0.5) is 35.1 Å². The Balaban J connectivity index is -0.0000000990. The average molecular weight is 1160 g/mol. The third kappa shape index (κ3) is 143. The molecule has 0 fully saturated rings. The lowest BCUT2D eigenvalue weighted by atomic mass is 9.87. The number of halogens is 8. The third-order valence-electron chi connectivity index (χ3n) is 9.57. The summed E-state index contributed by atoms with van der Waals surface area (Å²) in [4.78, 5) is 0. The number of thiol groups is 1. The lowest BCUT2D eigenvalue weighted by Gasteiger charge is -2.22. The van der Waals surface area contributed by atoms with E-state index >= 15 is 0 Å². The van der Waals surface area contributed by atoms with Crippen LogP contribution in [0, 0.1) is 61.1 Å². The van der Waals surface area contributed by atoms with Gasteiger partial charge in [0.1, 0.15) is 0 Å². The van der Waals surface area contributed by atoms with E-state index in [1.165, 1.54) is 24.8 Å². The molecule has 0 aliphatic rings. The van der Waals surface area contributed by atoms with Crippen molar-refractivity contribution in [2.45, 2.75) is 336 Å². The maximum atomic E-state index is 12.2. The Hall–Kier alpha value is -1.69. The van der Waals surface area contributed by atoms with E-state index < -0.39 is 31.1 Å². The molecule has 0 nitrogen and oxygen atoms in total. The maximum absolute atomic E-state index is 12.2. The Kier molecular flexibility index (Phi) is 54.7. The molecule has 1 aromatic carbocycles. The fourth-order valence-electron chi connectivity index (χ4n) is 5.26. The summed E-state index contributed by atoms with van der Waals surface area (Å²) in [6.07, 6.45) is 6.92. The molecule has 79 heavy (non-hydrogen) atoms. The molecule has 0 N–H and O–H groups in total. The first-order valence-electron chi connectivity index (χ1n) is 29.2. The monoisotopic (exact) mass is 1160 g/mol. The van der Waals surface area contributed by atoms with Crippen LogP contribution >= 0.6 is 12.6 Å². The van der Waals surface area contributed by atoms with Crippen LogP contribution in [0.15, 0.2) is 43.0 Å². The molecule has 0 spiro atoms. The molecule has 0 bridgehead atoms. The first-order valence-corrected chi connectivity index (χ1v) is 29.9. The van der Waals surface area contributed by atoms with Gasteiger partial charge in [0.15, 0.2) is 0 Å². The van der Waals surface area contributed by atoms with Crippen LogP contribution in [0.1, 0.15) is 312 Å². The third-order valence-corrected chi connectivity index (χ3v) is 10.5. The smallest absolute Gasteiger partial charge is 0.248 e. The lowest BCUT2D eigenvalue weighted by Crippen LogP contribution is -2.20. The molecule has 1 unspecified atom stereocenters. The van der Waals surface area contributed by atoms with Crippen LogP contribution in [-0.4, -0.2) is 30.4 Å². The van der Waals surface area contributed by atoms with Crippen molar-refractivity contribution in [2.75, 3.05) is 5.75 Å². The summed E-state index contributed by atoms with van der Waals surface area (Å²) >= 11 is 4.10. The summed E-state index contributed by atoms with van der Waals surface area (Å²) < 4.78 is 94.5. The molecule has 480 valence electrons. The quantitative estimate of drug-likeness (QED) is 0.120. The molecule has 9 heteroatoms. The van der Waals surface area contributed by atoms with Crippen LogP contribution in [0.25, 0.3) is 0 Å². The van der Waals surface area contributed by atoms with Crippen molar-refractivity contribution in [1.29, 1.82) is 0 Å². The van der Waals surface area contributed by atoms with Gasteiger partial charge < -0.3 is 0 Å². The zero-order chi connectivity index (χ0) is 66.2. The van der Waals surface area contributed by atoms with Gasteiger partial charge >= 0.3 is 6.18 Å². The molecular weight excluding hydrogens is 1020 g/mol. The zero-order valence-corrected chi connectivity index (χ0v) is 59.8. The number of alkyl halides is 8. The highest BCUT2D eigenvalue weighted by molar-refractivity contribution is 7.80. The topological polar surface area (TPSA) is 0 Å². The van der Waals surface area contributed by atoms with E-state index in [0.29, 0.717) is 45.3 Å². The summed E-state index contributed by atoms with van der Waals surface area (Å²) in [7, 11) is 0. The summed E-state index contributed by atoms with van der Waals surface area (Å²) in [6.45, 7) is 73.3. The predicted octanol–water partition coefficient (Wildman–Crippen LogP) is 27.2. The molecule has 0 aromatic heterocycles. The Labute approximate surface area is 497 Å². The van der Waals surface area contributed by atoms with Gasteiger partial charge in [-0.1, -0.05) is 271 Å². The molecular formula is C70H138F8S. The minimum Gasteiger partial charge on any atom is -0.248 e. The Bertz CT molecular complexity index is 1470. The predicted molar refractivity (Wildman–Crippen MR) is 349 cm³/mol. The normalized spacial score (nSPS) is 12.7. The van der Waals surface area contributed by atoms with Crippen LogP contribution in [-0.2, 0) is 5.41 Å². The highest BCUT2D eigenvalue weighted by atomic mass is 32.1. The minimum atomic E-state index is -3.99. The molecule has 1 aromatic rings. The number of rotatable bonds is 7. The number of terminal acetylenes is 1. The largest absolute Gasteiger partial charge is 0.389 e. The SMILES string of the molecule is C#CCC(C)(C)C.C=CCC(C)(C)C.CC(C)(C)CC(C)(F)F.CC(C)(C)CCC(F)(F)F.CC(C)(C)CCC(F)F.CC(C)(C)CS.CC(C)(C)c1ccccc1.CC(F)CC(C)(C)C.CCC(C)(C)C.CCCC(C)(C)C. The number of hydrogen-bond donors (Lipinski definition) is 1. The van der Waals surface area contributed by atoms with E-state index in [0.717, 1.165) is 25.5 Å². The van der Waals surface area contributed by atoms with Crippen molar-refractivity contribution in [1.82, 2.24) is 0 Å². The van der Waals surface area contributed by atoms with E-state index in [2.05, 4.69) is 194 Å². The number of hydrogen-bond acceptors (Lipinski definition) is 1. The fraction of sp³-hybridized carbons (Fsp3) is 0.857. The first kappa shape index (κ1) is 96.5. The van der Waals surface area contributed by atoms with Gasteiger partial charge in [0.2, 0.25) is 12.3 Å². The van der Waals surface area contributed by atoms with Crippen LogP contribution in [0.2, 0.25) is 0 Å². The molecule has 0 aliphatic carbocycles. The summed E-state index contributed by atoms with van der Waals surface area (Å²) in [5, 5.41) is 0. The van der Waals surface area contributed by atoms with E-state index in [9.17, 15) is 35.1 Å². The van der Waals surface area contributed by atoms with Gasteiger partial charge in [-0.2, -0.15) is 25.8 Å². The van der Waals surface area contributed by atoms with Gasteiger partial charge in [0, 0.05) is 25.7 Å². The molecule has 0 saturated heterocycles. The van der Waals surface area contributed by atoms with Crippen molar-refractivity contribution in [3.05, 3.63) is 48.6 Å². The van der Waals surface area contributed by atoms with Crippen LogP contribution < -0.4 is 0 Å². The minimum absolute atomic E-state index is 0.0312. The molecule has 0 aliphatic heterocycles. The molecule has 0 amide bonds. The second-order valence-electron chi connectivity index (χ2n) is 33.1. The molecule has 1 rings (SSSR count). The van der Waals surface area contributed by atoms with Crippen molar-refractivity contribution >= 4 is 12.6 Å².